The number of hydrogen-bond acceptors (Lipinski definition) is 10. The van der Waals surface area contributed by atoms with Gasteiger partial charge in [-0.05, 0) is 43.7 Å². The normalized spacial score (nSPS) is 15.5. The fourth-order valence-corrected chi connectivity index (χ4v) is 5.07. The molecule has 2 aromatic heterocycles. The highest BCUT2D eigenvalue weighted by Crippen LogP contribution is 2.34. The van der Waals surface area contributed by atoms with Crippen LogP contribution in [-0.2, 0) is 9.53 Å². The molecule has 0 aliphatic carbocycles. The molecule has 1 aliphatic rings. The molecule has 0 spiro atoms. The van der Waals surface area contributed by atoms with Crippen LogP contribution in [0.25, 0.3) is 0 Å². The molecule has 10 nitrogen and oxygen atoms in total. The average Bonchev–Trinajstić information content (AvgIpc) is 3.50. The van der Waals surface area contributed by atoms with Gasteiger partial charge in [0.05, 0.1) is 31.2 Å². The molecule has 0 bridgehead atoms. The molecule has 4 rings (SSSR count). The standard InChI is InChI=1S/C22H23N5O5S2/c1-4-31-19(28)17-14(23-20(29)25-18(17)16-6-5-9-32-16)11-33-22-27-26-21(34-22)24-13-10-12(2)7-8-15(13)30-3/h5-10,18H,4,11H2,1-3H3,(H,24,26)(H2,23,25,29). The molecule has 1 atom stereocenters. The van der Waals surface area contributed by atoms with E-state index in [9.17, 15) is 9.59 Å². The van der Waals surface area contributed by atoms with E-state index in [-0.39, 0.29) is 17.9 Å². The molecule has 34 heavy (non-hydrogen) atoms. The van der Waals surface area contributed by atoms with Crippen LogP contribution in [0.2, 0.25) is 0 Å². The summed E-state index contributed by atoms with van der Waals surface area (Å²) in [5.41, 5.74) is 2.58. The summed E-state index contributed by atoms with van der Waals surface area (Å²) in [6, 6.07) is 8.01. The number of nitrogens with one attached hydrogen (secondary N) is 3. The number of methoxy groups -OCH3 is 1. The first-order chi connectivity index (χ1) is 16.5. The van der Waals surface area contributed by atoms with Crippen LogP contribution in [0.15, 0.2) is 56.6 Å². The van der Waals surface area contributed by atoms with Crippen molar-refractivity contribution in [2.45, 2.75) is 24.2 Å². The third-order valence-electron chi connectivity index (χ3n) is 4.82. The number of nitrogens with zero attached hydrogens (tertiary/aromatic N) is 2. The first-order valence-electron chi connectivity index (χ1n) is 10.4. The van der Waals surface area contributed by atoms with Crippen molar-refractivity contribution < 1.29 is 23.5 Å². The number of thioether (sulfide) groups is 1. The molecule has 1 aliphatic heterocycles. The highest BCUT2D eigenvalue weighted by molar-refractivity contribution is 8.01. The zero-order valence-corrected chi connectivity index (χ0v) is 20.3. The quantitative estimate of drug-likeness (QED) is 0.292. The van der Waals surface area contributed by atoms with E-state index >= 15 is 0 Å². The summed E-state index contributed by atoms with van der Waals surface area (Å²) in [7, 11) is 1.61. The van der Waals surface area contributed by atoms with Crippen LogP contribution in [0.1, 0.15) is 24.3 Å². The number of amides is 2. The minimum absolute atomic E-state index is 0.204. The van der Waals surface area contributed by atoms with E-state index in [2.05, 4.69) is 26.1 Å². The predicted molar refractivity (Wildman–Crippen MR) is 128 cm³/mol. The molecule has 3 heterocycles. The van der Waals surface area contributed by atoms with Crippen LogP contribution in [-0.4, -0.2) is 41.7 Å². The van der Waals surface area contributed by atoms with Crippen molar-refractivity contribution in [2.24, 2.45) is 0 Å². The topological polar surface area (TPSA) is 128 Å². The van der Waals surface area contributed by atoms with Gasteiger partial charge in [0.2, 0.25) is 5.13 Å². The number of benzene rings is 1. The number of anilines is 2. The summed E-state index contributed by atoms with van der Waals surface area (Å²) in [4.78, 5) is 25.1. The van der Waals surface area contributed by atoms with Crippen molar-refractivity contribution in [3.63, 3.8) is 0 Å². The molecule has 12 heteroatoms. The Morgan fingerprint density at radius 3 is 2.91 bits per heavy atom. The summed E-state index contributed by atoms with van der Waals surface area (Å²) in [5, 5.41) is 17.7. The minimum Gasteiger partial charge on any atom is -0.495 e. The van der Waals surface area contributed by atoms with E-state index in [0.29, 0.717) is 26.7 Å². The molecule has 0 saturated carbocycles. The summed E-state index contributed by atoms with van der Waals surface area (Å²) in [6.07, 6.45) is 1.49. The number of aromatic nitrogens is 2. The van der Waals surface area contributed by atoms with E-state index in [0.717, 1.165) is 11.3 Å². The molecule has 3 N–H and O–H groups in total. The average molecular weight is 502 g/mol. The summed E-state index contributed by atoms with van der Waals surface area (Å²) >= 11 is 2.70. The number of ether oxygens (including phenoxy) is 2. The SMILES string of the molecule is CCOC(=O)C1=C(CSc2nnc(Nc3cc(C)ccc3OC)s2)NC(=O)NC1c1ccco1. The maximum absolute atomic E-state index is 12.8. The molecule has 3 aromatic rings. The van der Waals surface area contributed by atoms with E-state index in [1.807, 2.05) is 25.1 Å². The molecule has 178 valence electrons. The minimum atomic E-state index is -0.751. The fraction of sp³-hybridized carbons (Fsp3) is 0.273. The maximum atomic E-state index is 12.8. The summed E-state index contributed by atoms with van der Waals surface area (Å²) in [5.74, 6) is 0.884. The van der Waals surface area contributed by atoms with Crippen molar-refractivity contribution in [3.05, 3.63) is 59.2 Å². The Kier molecular flexibility index (Phi) is 7.38. The Balaban J connectivity index is 1.54. The molecular weight excluding hydrogens is 478 g/mol. The summed E-state index contributed by atoms with van der Waals surface area (Å²) in [6.45, 7) is 3.92. The number of carbonyl (C=O) groups is 2. The van der Waals surface area contributed by atoms with Gasteiger partial charge in [-0.2, -0.15) is 0 Å². The lowest BCUT2D eigenvalue weighted by atomic mass is 10.0. The van der Waals surface area contributed by atoms with Gasteiger partial charge in [-0.15, -0.1) is 10.2 Å². The largest absolute Gasteiger partial charge is 0.495 e. The monoisotopic (exact) mass is 501 g/mol. The number of hydrogen-bond donors (Lipinski definition) is 3. The second-order valence-electron chi connectivity index (χ2n) is 7.15. The predicted octanol–water partition coefficient (Wildman–Crippen LogP) is 4.16. The lowest BCUT2D eigenvalue weighted by molar-refractivity contribution is -0.139. The molecule has 0 fully saturated rings. The van der Waals surface area contributed by atoms with Gasteiger partial charge in [0.25, 0.3) is 0 Å². The second-order valence-corrected chi connectivity index (χ2v) is 9.35. The van der Waals surface area contributed by atoms with Gasteiger partial charge in [-0.1, -0.05) is 29.2 Å². The fourth-order valence-electron chi connectivity index (χ4n) is 3.34. The van der Waals surface area contributed by atoms with Crippen LogP contribution in [0.5, 0.6) is 5.75 Å². The number of urea groups is 1. The van der Waals surface area contributed by atoms with Crippen molar-refractivity contribution in [1.82, 2.24) is 20.8 Å². The van der Waals surface area contributed by atoms with Crippen molar-refractivity contribution in [2.75, 3.05) is 24.8 Å². The molecule has 0 radical (unpaired) electrons. The van der Waals surface area contributed by atoms with E-state index in [1.165, 1.54) is 29.4 Å². The van der Waals surface area contributed by atoms with E-state index < -0.39 is 18.0 Å². The first kappa shape index (κ1) is 23.6. The second kappa shape index (κ2) is 10.6. The molecule has 1 aromatic carbocycles. The number of carbonyl (C=O) groups excluding carboxylic acids is 2. The van der Waals surface area contributed by atoms with Crippen molar-refractivity contribution in [1.29, 1.82) is 0 Å². The van der Waals surface area contributed by atoms with Gasteiger partial charge in [0.15, 0.2) is 4.34 Å². The third kappa shape index (κ3) is 5.34. The van der Waals surface area contributed by atoms with Crippen molar-refractivity contribution >= 4 is 45.9 Å². The van der Waals surface area contributed by atoms with Crippen LogP contribution in [0.3, 0.4) is 0 Å². The molecule has 0 saturated heterocycles. The Hall–Kier alpha value is -3.51. The van der Waals surface area contributed by atoms with Crippen molar-refractivity contribution in [3.8, 4) is 5.75 Å². The van der Waals surface area contributed by atoms with Gasteiger partial charge in [-0.25, -0.2) is 9.59 Å². The number of esters is 1. The van der Waals surface area contributed by atoms with Gasteiger partial charge < -0.3 is 29.8 Å². The Morgan fingerprint density at radius 2 is 2.18 bits per heavy atom. The smallest absolute Gasteiger partial charge is 0.338 e. The van der Waals surface area contributed by atoms with Gasteiger partial charge in [0, 0.05) is 11.4 Å². The van der Waals surface area contributed by atoms with E-state index in [4.69, 9.17) is 13.9 Å². The van der Waals surface area contributed by atoms with Crippen LogP contribution >= 0.6 is 23.1 Å². The van der Waals surface area contributed by atoms with Crippen LogP contribution in [0.4, 0.5) is 15.6 Å². The Bertz CT molecular complexity index is 1210. The summed E-state index contributed by atoms with van der Waals surface area (Å²) < 4.78 is 16.7. The molecule has 2 amide bonds. The van der Waals surface area contributed by atoms with Crippen LogP contribution in [0, 0.1) is 6.92 Å². The number of furan rings is 1. The van der Waals surface area contributed by atoms with Gasteiger partial charge in [0.1, 0.15) is 17.6 Å². The molecule has 1 unspecified atom stereocenters. The maximum Gasteiger partial charge on any atom is 0.338 e. The zero-order valence-electron chi connectivity index (χ0n) is 18.7. The van der Waals surface area contributed by atoms with E-state index in [1.54, 1.807) is 26.2 Å². The number of aryl methyl sites for hydroxylation is 1. The van der Waals surface area contributed by atoms with Crippen LogP contribution < -0.4 is 20.7 Å². The molecular formula is C22H23N5O5S2. The first-order valence-corrected chi connectivity index (χ1v) is 12.2. The highest BCUT2D eigenvalue weighted by atomic mass is 32.2. The number of rotatable bonds is 9. The lowest BCUT2D eigenvalue weighted by Crippen LogP contribution is -2.46. The Labute approximate surface area is 204 Å². The highest BCUT2D eigenvalue weighted by Gasteiger charge is 2.35. The van der Waals surface area contributed by atoms with Gasteiger partial charge in [-0.3, -0.25) is 0 Å². The lowest BCUT2D eigenvalue weighted by Gasteiger charge is -2.27. The third-order valence-corrected chi connectivity index (χ3v) is 6.82. The zero-order chi connectivity index (χ0) is 24.1. The Morgan fingerprint density at radius 1 is 1.32 bits per heavy atom. The van der Waals surface area contributed by atoms with Gasteiger partial charge >= 0.3 is 12.0 Å².